The average molecular weight is 267 g/mol. The lowest BCUT2D eigenvalue weighted by Gasteiger charge is -2.34. The number of hydrogen-bond acceptors (Lipinski definition) is 5. The van der Waals surface area contributed by atoms with E-state index in [4.69, 9.17) is 4.74 Å². The number of piperazine rings is 1. The Hall–Kier alpha value is -1.96. The van der Waals surface area contributed by atoms with Crippen LogP contribution < -0.4 is 0 Å². The number of nitrogens with zero attached hydrogens (tertiary/aromatic N) is 4. The van der Waals surface area contributed by atoms with Crippen LogP contribution in [0.1, 0.15) is 16.4 Å². The summed E-state index contributed by atoms with van der Waals surface area (Å²) in [6.45, 7) is 3.82. The van der Waals surface area contributed by atoms with Crippen molar-refractivity contribution in [2.75, 3.05) is 39.9 Å². The molecule has 1 aliphatic rings. The van der Waals surface area contributed by atoms with Gasteiger partial charge >= 0.3 is 0 Å². The smallest absolute Gasteiger partial charge is 0.293 e. The first kappa shape index (κ1) is 13.5. The highest BCUT2D eigenvalue weighted by molar-refractivity contribution is 5.90. The first-order valence-corrected chi connectivity index (χ1v) is 6.07. The van der Waals surface area contributed by atoms with Gasteiger partial charge < -0.3 is 14.5 Å². The number of aromatic amines is 1. The standard InChI is InChI=1S/C11H17N5O3/c1-8-12-10(14-13-8)11(18)16-5-3-15(4-6-16)9(17)7-19-2/h3-7H2,1-2H3,(H,12,13,14). The minimum Gasteiger partial charge on any atom is -0.375 e. The van der Waals surface area contributed by atoms with Crippen LogP contribution in [0.4, 0.5) is 0 Å². The fourth-order valence-electron chi connectivity index (χ4n) is 1.95. The quantitative estimate of drug-likeness (QED) is 0.762. The SMILES string of the molecule is COCC(=O)N1CCN(C(=O)c2n[nH]c(C)n2)CC1. The van der Waals surface area contributed by atoms with Gasteiger partial charge in [-0.15, -0.1) is 5.10 Å². The van der Waals surface area contributed by atoms with Gasteiger partial charge in [-0.1, -0.05) is 0 Å². The summed E-state index contributed by atoms with van der Waals surface area (Å²) in [7, 11) is 1.49. The fourth-order valence-corrected chi connectivity index (χ4v) is 1.95. The highest BCUT2D eigenvalue weighted by atomic mass is 16.5. The first-order chi connectivity index (χ1) is 9.11. The molecule has 1 aromatic heterocycles. The van der Waals surface area contributed by atoms with Crippen LogP contribution in [0.2, 0.25) is 0 Å². The van der Waals surface area contributed by atoms with Crippen molar-refractivity contribution in [3.63, 3.8) is 0 Å². The van der Waals surface area contributed by atoms with Gasteiger partial charge in [0.05, 0.1) is 0 Å². The number of H-pyrrole nitrogens is 1. The highest BCUT2D eigenvalue weighted by Crippen LogP contribution is 2.06. The summed E-state index contributed by atoms with van der Waals surface area (Å²) in [5.41, 5.74) is 0. The lowest BCUT2D eigenvalue weighted by Crippen LogP contribution is -2.51. The van der Waals surface area contributed by atoms with Crippen molar-refractivity contribution in [3.05, 3.63) is 11.6 Å². The van der Waals surface area contributed by atoms with Crippen LogP contribution in [-0.2, 0) is 9.53 Å². The van der Waals surface area contributed by atoms with Gasteiger partial charge in [0.1, 0.15) is 12.4 Å². The molecule has 2 amide bonds. The van der Waals surface area contributed by atoms with Crippen molar-refractivity contribution in [3.8, 4) is 0 Å². The zero-order chi connectivity index (χ0) is 13.8. The average Bonchev–Trinajstić information content (AvgIpc) is 2.85. The second-order valence-electron chi connectivity index (χ2n) is 4.35. The molecule has 0 atom stereocenters. The fraction of sp³-hybridized carbons (Fsp3) is 0.636. The van der Waals surface area contributed by atoms with E-state index in [-0.39, 0.29) is 24.2 Å². The molecule has 0 aliphatic carbocycles. The number of rotatable bonds is 3. The molecular formula is C11H17N5O3. The summed E-state index contributed by atoms with van der Waals surface area (Å²) >= 11 is 0. The van der Waals surface area contributed by atoms with Crippen molar-refractivity contribution >= 4 is 11.8 Å². The van der Waals surface area contributed by atoms with Crippen molar-refractivity contribution in [1.82, 2.24) is 25.0 Å². The van der Waals surface area contributed by atoms with Crippen molar-refractivity contribution in [2.24, 2.45) is 0 Å². The van der Waals surface area contributed by atoms with Gasteiger partial charge in [0.2, 0.25) is 11.7 Å². The number of nitrogens with one attached hydrogen (secondary N) is 1. The maximum absolute atomic E-state index is 12.1. The Morgan fingerprint density at radius 2 is 1.89 bits per heavy atom. The zero-order valence-electron chi connectivity index (χ0n) is 11.0. The predicted molar refractivity (Wildman–Crippen MR) is 65.5 cm³/mol. The molecular weight excluding hydrogens is 250 g/mol. The van der Waals surface area contributed by atoms with Gasteiger partial charge in [0.15, 0.2) is 0 Å². The van der Waals surface area contributed by atoms with Crippen LogP contribution in [0.25, 0.3) is 0 Å². The molecule has 2 rings (SSSR count). The molecule has 1 aliphatic heterocycles. The first-order valence-electron chi connectivity index (χ1n) is 6.07. The molecule has 104 valence electrons. The molecule has 0 spiro atoms. The Labute approximate surface area is 110 Å². The predicted octanol–water partition coefficient (Wildman–Crippen LogP) is -0.956. The topological polar surface area (TPSA) is 91.4 Å². The molecule has 1 N–H and O–H groups in total. The minimum absolute atomic E-state index is 0.0525. The summed E-state index contributed by atoms with van der Waals surface area (Å²) in [5, 5.41) is 6.49. The van der Waals surface area contributed by atoms with Gasteiger partial charge in [-0.2, -0.15) is 0 Å². The Bertz CT molecular complexity index is 465. The van der Waals surface area contributed by atoms with E-state index in [2.05, 4.69) is 15.2 Å². The number of amides is 2. The lowest BCUT2D eigenvalue weighted by atomic mass is 10.3. The third kappa shape index (κ3) is 3.08. The molecule has 8 nitrogen and oxygen atoms in total. The molecule has 1 saturated heterocycles. The van der Waals surface area contributed by atoms with E-state index >= 15 is 0 Å². The van der Waals surface area contributed by atoms with Crippen LogP contribution in [0.3, 0.4) is 0 Å². The summed E-state index contributed by atoms with van der Waals surface area (Å²) < 4.78 is 4.81. The van der Waals surface area contributed by atoms with E-state index in [9.17, 15) is 9.59 Å². The summed E-state index contributed by atoms with van der Waals surface area (Å²) in [6, 6.07) is 0. The second kappa shape index (κ2) is 5.79. The van der Waals surface area contributed by atoms with Gasteiger partial charge in [-0.25, -0.2) is 4.98 Å². The van der Waals surface area contributed by atoms with Crippen LogP contribution in [0, 0.1) is 6.92 Å². The van der Waals surface area contributed by atoms with E-state index in [0.29, 0.717) is 32.0 Å². The van der Waals surface area contributed by atoms with Crippen molar-refractivity contribution in [2.45, 2.75) is 6.92 Å². The molecule has 1 fully saturated rings. The summed E-state index contributed by atoms with van der Waals surface area (Å²) in [6.07, 6.45) is 0. The largest absolute Gasteiger partial charge is 0.375 e. The van der Waals surface area contributed by atoms with E-state index in [1.165, 1.54) is 7.11 Å². The molecule has 0 saturated carbocycles. The third-order valence-electron chi connectivity index (χ3n) is 2.98. The number of ether oxygens (including phenoxy) is 1. The molecule has 0 bridgehead atoms. The van der Waals surface area contributed by atoms with E-state index in [1.54, 1.807) is 16.7 Å². The monoisotopic (exact) mass is 267 g/mol. The number of methoxy groups -OCH3 is 1. The summed E-state index contributed by atoms with van der Waals surface area (Å²) in [5.74, 6) is 0.526. The maximum atomic E-state index is 12.1. The van der Waals surface area contributed by atoms with Crippen LogP contribution >= 0.6 is 0 Å². The molecule has 1 aromatic rings. The maximum Gasteiger partial charge on any atom is 0.293 e. The van der Waals surface area contributed by atoms with E-state index in [0.717, 1.165) is 0 Å². The molecule has 8 heteroatoms. The number of aryl methyl sites for hydroxylation is 1. The van der Waals surface area contributed by atoms with Gasteiger partial charge in [0.25, 0.3) is 5.91 Å². The normalized spacial score (nSPS) is 15.7. The van der Waals surface area contributed by atoms with E-state index in [1.807, 2.05) is 0 Å². The number of hydrogen-bond donors (Lipinski definition) is 1. The molecule has 2 heterocycles. The van der Waals surface area contributed by atoms with Gasteiger partial charge in [0, 0.05) is 33.3 Å². The van der Waals surface area contributed by atoms with Crippen LogP contribution in [0.5, 0.6) is 0 Å². The van der Waals surface area contributed by atoms with E-state index < -0.39 is 0 Å². The molecule has 0 aromatic carbocycles. The third-order valence-corrected chi connectivity index (χ3v) is 2.98. The Kier molecular flexibility index (Phi) is 4.10. The lowest BCUT2D eigenvalue weighted by molar-refractivity contribution is -0.136. The van der Waals surface area contributed by atoms with Gasteiger partial charge in [-0.05, 0) is 6.92 Å². The van der Waals surface area contributed by atoms with Crippen LogP contribution in [-0.4, -0.2) is 76.7 Å². The Morgan fingerprint density at radius 3 is 2.42 bits per heavy atom. The number of carbonyl (C=O) groups excluding carboxylic acids is 2. The number of aromatic nitrogens is 3. The van der Waals surface area contributed by atoms with Crippen molar-refractivity contribution < 1.29 is 14.3 Å². The minimum atomic E-state index is -0.205. The zero-order valence-corrected chi connectivity index (χ0v) is 11.0. The molecule has 0 radical (unpaired) electrons. The van der Waals surface area contributed by atoms with Crippen molar-refractivity contribution in [1.29, 1.82) is 0 Å². The van der Waals surface area contributed by atoms with Crippen LogP contribution in [0.15, 0.2) is 0 Å². The Morgan fingerprint density at radius 1 is 1.26 bits per heavy atom. The molecule has 0 unspecified atom stereocenters. The van der Waals surface area contributed by atoms with Gasteiger partial charge in [-0.3, -0.25) is 14.7 Å². The summed E-state index contributed by atoms with van der Waals surface area (Å²) in [4.78, 5) is 31.0. The second-order valence-corrected chi connectivity index (χ2v) is 4.35. The number of carbonyl (C=O) groups is 2. The highest BCUT2D eigenvalue weighted by Gasteiger charge is 2.26. The molecule has 19 heavy (non-hydrogen) atoms. The Balaban J connectivity index is 1.89.